The molecule has 9 heteroatoms. The molecule has 0 aromatic heterocycles. The molecule has 0 radical (unpaired) electrons. The minimum atomic E-state index is -5.51. The van der Waals surface area contributed by atoms with Gasteiger partial charge in [0.15, 0.2) is 28.2 Å². The van der Waals surface area contributed by atoms with Gasteiger partial charge in [0.05, 0.1) is 5.56 Å². The van der Waals surface area contributed by atoms with Crippen molar-refractivity contribution in [3.8, 4) is 11.1 Å². The topological polar surface area (TPSA) is 60.4 Å². The minimum Gasteiger partial charge on any atom is -0.338 e. The molecule has 0 fully saturated rings. The van der Waals surface area contributed by atoms with E-state index in [0.717, 1.165) is 5.56 Å². The lowest BCUT2D eigenvalue weighted by molar-refractivity contribution is 0.0745. The van der Waals surface area contributed by atoms with Gasteiger partial charge in [0.2, 0.25) is 0 Å². The normalized spacial score (nSPS) is 12.4. The Kier molecular flexibility index (Phi) is 6.68. The molecule has 4 nitrogen and oxygen atoms in total. The molecule has 0 aliphatic carbocycles. The van der Waals surface area contributed by atoms with Crippen LogP contribution in [0.15, 0.2) is 59.5 Å². The number of rotatable bonds is 6. The standard InChI is InChI=1S/C23H18F4O4S/c1-3-13(2)17-18(24)20(26)22(21(27)19(17)25)32(29,30)31-23(28)16-11-9-15(10-12-16)14-7-5-4-6-8-14/h4-13H,3H2,1-2H3. The molecular formula is C23H18F4O4S. The van der Waals surface area contributed by atoms with E-state index in [9.17, 15) is 30.8 Å². The van der Waals surface area contributed by atoms with Crippen LogP contribution in [0.25, 0.3) is 11.1 Å². The fourth-order valence-electron chi connectivity index (χ4n) is 3.10. The highest BCUT2D eigenvalue weighted by molar-refractivity contribution is 7.87. The summed E-state index contributed by atoms with van der Waals surface area (Å²) in [6.45, 7) is 2.86. The molecule has 0 aliphatic rings. The molecule has 168 valence electrons. The van der Waals surface area contributed by atoms with E-state index in [4.69, 9.17) is 0 Å². The highest BCUT2D eigenvalue weighted by atomic mass is 32.2. The first-order chi connectivity index (χ1) is 15.1. The zero-order valence-corrected chi connectivity index (χ0v) is 17.9. The molecule has 0 amide bonds. The number of benzene rings is 3. The second-order valence-electron chi connectivity index (χ2n) is 7.08. The van der Waals surface area contributed by atoms with Crippen molar-refractivity contribution in [1.29, 1.82) is 0 Å². The Morgan fingerprint density at radius 2 is 1.34 bits per heavy atom. The van der Waals surface area contributed by atoms with Crippen LogP contribution < -0.4 is 0 Å². The summed E-state index contributed by atoms with van der Waals surface area (Å²) in [5.41, 5.74) is 0.388. The van der Waals surface area contributed by atoms with Crippen molar-refractivity contribution in [3.05, 3.63) is 89.0 Å². The molecule has 0 aliphatic heterocycles. The summed E-state index contributed by atoms with van der Waals surface area (Å²) in [5.74, 6) is -10.4. The van der Waals surface area contributed by atoms with Crippen molar-refractivity contribution < 1.29 is 35.0 Å². The van der Waals surface area contributed by atoms with Gasteiger partial charge in [-0.15, -0.1) is 0 Å². The summed E-state index contributed by atoms with van der Waals surface area (Å²) in [7, 11) is -5.51. The average molecular weight is 466 g/mol. The van der Waals surface area contributed by atoms with Crippen LogP contribution in [0.3, 0.4) is 0 Å². The van der Waals surface area contributed by atoms with Crippen molar-refractivity contribution >= 4 is 16.1 Å². The molecule has 0 heterocycles. The molecule has 0 N–H and O–H groups in total. The Morgan fingerprint density at radius 3 is 1.84 bits per heavy atom. The first kappa shape index (κ1) is 23.5. The fourth-order valence-corrected chi connectivity index (χ4v) is 4.10. The monoisotopic (exact) mass is 466 g/mol. The van der Waals surface area contributed by atoms with Crippen molar-refractivity contribution in [2.75, 3.05) is 0 Å². The third-order valence-electron chi connectivity index (χ3n) is 5.03. The Hall–Kier alpha value is -3.20. The first-order valence-corrected chi connectivity index (χ1v) is 11.0. The zero-order valence-electron chi connectivity index (χ0n) is 17.0. The van der Waals surface area contributed by atoms with Crippen LogP contribution in [0.4, 0.5) is 17.6 Å². The molecule has 3 rings (SSSR count). The lowest BCUT2D eigenvalue weighted by atomic mass is 9.97. The van der Waals surface area contributed by atoms with Crippen LogP contribution in [-0.2, 0) is 14.3 Å². The Balaban J connectivity index is 1.93. The molecule has 3 aromatic rings. The minimum absolute atomic E-state index is 0.146. The summed E-state index contributed by atoms with van der Waals surface area (Å²) >= 11 is 0. The van der Waals surface area contributed by atoms with E-state index in [2.05, 4.69) is 4.18 Å². The average Bonchev–Trinajstić information content (AvgIpc) is 2.78. The molecule has 1 atom stereocenters. The molecule has 0 saturated heterocycles. The summed E-state index contributed by atoms with van der Waals surface area (Å²) in [6, 6.07) is 14.6. The number of halogens is 4. The lowest BCUT2D eigenvalue weighted by Crippen LogP contribution is -2.19. The quantitative estimate of drug-likeness (QED) is 0.255. The van der Waals surface area contributed by atoms with Crippen LogP contribution >= 0.6 is 0 Å². The van der Waals surface area contributed by atoms with Gasteiger partial charge < -0.3 is 4.18 Å². The Labute approximate surface area is 182 Å². The third-order valence-corrected chi connectivity index (χ3v) is 6.25. The van der Waals surface area contributed by atoms with Crippen LogP contribution in [-0.4, -0.2) is 14.4 Å². The van der Waals surface area contributed by atoms with Gasteiger partial charge in [-0.3, -0.25) is 0 Å². The van der Waals surface area contributed by atoms with Crippen molar-refractivity contribution in [3.63, 3.8) is 0 Å². The smallest absolute Gasteiger partial charge is 0.338 e. The second-order valence-corrected chi connectivity index (χ2v) is 8.56. The summed E-state index contributed by atoms with van der Waals surface area (Å²) in [6.07, 6.45) is 0.146. The van der Waals surface area contributed by atoms with E-state index in [1.807, 2.05) is 18.2 Å². The first-order valence-electron chi connectivity index (χ1n) is 9.58. The van der Waals surface area contributed by atoms with Gasteiger partial charge in [-0.25, -0.2) is 22.4 Å². The summed E-state index contributed by atoms with van der Waals surface area (Å²) in [4.78, 5) is 10.3. The van der Waals surface area contributed by atoms with Gasteiger partial charge in [-0.05, 0) is 35.6 Å². The van der Waals surface area contributed by atoms with Gasteiger partial charge in [0.1, 0.15) is 0 Å². The van der Waals surface area contributed by atoms with E-state index in [0.29, 0.717) is 5.56 Å². The fraction of sp³-hybridized carbons (Fsp3) is 0.174. The van der Waals surface area contributed by atoms with Crippen molar-refractivity contribution in [2.45, 2.75) is 31.1 Å². The summed E-state index contributed by atoms with van der Waals surface area (Å²) < 4.78 is 86.5. The molecule has 0 bridgehead atoms. The maximum Gasteiger partial charge on any atom is 0.354 e. The molecule has 0 spiro atoms. The lowest BCUT2D eigenvalue weighted by Gasteiger charge is -2.15. The van der Waals surface area contributed by atoms with Crippen molar-refractivity contribution in [1.82, 2.24) is 0 Å². The van der Waals surface area contributed by atoms with E-state index in [1.165, 1.54) is 38.1 Å². The number of hydrogen-bond donors (Lipinski definition) is 0. The molecule has 32 heavy (non-hydrogen) atoms. The molecule has 0 saturated carbocycles. The maximum atomic E-state index is 14.4. The zero-order chi connectivity index (χ0) is 23.6. The van der Waals surface area contributed by atoms with Gasteiger partial charge in [0, 0.05) is 5.56 Å². The molecular weight excluding hydrogens is 448 g/mol. The highest BCUT2D eigenvalue weighted by Crippen LogP contribution is 2.34. The van der Waals surface area contributed by atoms with Crippen LogP contribution in [0.2, 0.25) is 0 Å². The predicted molar refractivity (Wildman–Crippen MR) is 109 cm³/mol. The molecule has 3 aromatic carbocycles. The van der Waals surface area contributed by atoms with Gasteiger partial charge in [0.25, 0.3) is 0 Å². The van der Waals surface area contributed by atoms with Crippen molar-refractivity contribution in [2.24, 2.45) is 0 Å². The SMILES string of the molecule is CCC(C)c1c(F)c(F)c(S(=O)(=O)OC(=O)c2ccc(-c3ccccc3)cc2)c(F)c1F. The van der Waals surface area contributed by atoms with Crippen LogP contribution in [0, 0.1) is 23.3 Å². The maximum absolute atomic E-state index is 14.4. The number of hydrogen-bond acceptors (Lipinski definition) is 4. The van der Waals surface area contributed by atoms with Crippen LogP contribution in [0.5, 0.6) is 0 Å². The number of carbonyl (C=O) groups excluding carboxylic acids is 1. The number of carbonyl (C=O) groups is 1. The van der Waals surface area contributed by atoms with Gasteiger partial charge in [-0.2, -0.15) is 8.42 Å². The predicted octanol–water partition coefficient (Wildman–Crippen LogP) is 5.97. The Bertz CT molecular complexity index is 1230. The third kappa shape index (κ3) is 4.38. The Morgan fingerprint density at radius 1 is 0.844 bits per heavy atom. The van der Waals surface area contributed by atoms with Crippen LogP contribution in [0.1, 0.15) is 42.1 Å². The van der Waals surface area contributed by atoms with Gasteiger partial charge >= 0.3 is 16.1 Å². The summed E-state index contributed by atoms with van der Waals surface area (Å²) in [5, 5.41) is 0. The molecule has 1 unspecified atom stereocenters. The van der Waals surface area contributed by atoms with E-state index < -0.39 is 55.7 Å². The van der Waals surface area contributed by atoms with Gasteiger partial charge in [-0.1, -0.05) is 56.3 Å². The largest absolute Gasteiger partial charge is 0.354 e. The van der Waals surface area contributed by atoms with E-state index in [-0.39, 0.29) is 12.0 Å². The second kappa shape index (κ2) is 9.12. The van der Waals surface area contributed by atoms with E-state index >= 15 is 0 Å². The highest BCUT2D eigenvalue weighted by Gasteiger charge is 2.36. The van der Waals surface area contributed by atoms with E-state index in [1.54, 1.807) is 12.1 Å².